The Kier molecular flexibility index (Phi) is 5.37. The summed E-state index contributed by atoms with van der Waals surface area (Å²) in [6, 6.07) is 10.3. The van der Waals surface area contributed by atoms with Gasteiger partial charge in [0, 0.05) is 0 Å². The van der Waals surface area contributed by atoms with E-state index < -0.39 is 47.9 Å². The highest BCUT2D eigenvalue weighted by Gasteiger charge is 2.43. The van der Waals surface area contributed by atoms with Gasteiger partial charge in [-0.15, -0.1) is 0 Å². The highest BCUT2D eigenvalue weighted by atomic mass is 19.4. The topological polar surface area (TPSA) is 87.7 Å². The fraction of sp³-hybridized carbons (Fsp3) is 0.227. The van der Waals surface area contributed by atoms with E-state index >= 15 is 0 Å². The van der Waals surface area contributed by atoms with Crippen molar-refractivity contribution >= 4 is 23.6 Å². The van der Waals surface area contributed by atoms with E-state index in [0.29, 0.717) is 5.56 Å². The summed E-state index contributed by atoms with van der Waals surface area (Å²) in [5.41, 5.74) is 0.638. The van der Waals surface area contributed by atoms with E-state index in [1.807, 2.05) is 19.1 Å². The monoisotopic (exact) mass is 445 g/mol. The first-order valence-corrected chi connectivity index (χ1v) is 9.66. The van der Waals surface area contributed by atoms with Crippen LogP contribution in [0, 0.1) is 6.92 Å². The van der Waals surface area contributed by atoms with Crippen LogP contribution >= 0.6 is 0 Å². The van der Waals surface area contributed by atoms with E-state index in [0.717, 1.165) is 22.6 Å². The number of para-hydroxylation sites is 1. The molecule has 0 bridgehead atoms. The normalized spacial score (nSPS) is 18.2. The number of aryl methyl sites for hydroxylation is 1. The number of urea groups is 1. The summed E-state index contributed by atoms with van der Waals surface area (Å²) in [5.74, 6) is -1.48. The lowest BCUT2D eigenvalue weighted by Gasteiger charge is -2.32. The average molecular weight is 445 g/mol. The highest BCUT2D eigenvalue weighted by molar-refractivity contribution is 6.00. The molecule has 2 heterocycles. The first-order chi connectivity index (χ1) is 15.1. The molecular formula is C22H18F3N3O4. The second-order valence-electron chi connectivity index (χ2n) is 7.41. The maximum atomic E-state index is 13.2. The Bertz CT molecular complexity index is 1130. The van der Waals surface area contributed by atoms with Gasteiger partial charge in [-0.1, -0.05) is 42.0 Å². The molecule has 0 fully saturated rings. The number of cyclic esters (lactones) is 1. The molecule has 166 valence electrons. The molecule has 4 rings (SSSR count). The van der Waals surface area contributed by atoms with Crippen LogP contribution in [0.2, 0.25) is 0 Å². The number of esters is 1. The summed E-state index contributed by atoms with van der Waals surface area (Å²) in [4.78, 5) is 38.6. The van der Waals surface area contributed by atoms with Crippen molar-refractivity contribution in [2.24, 2.45) is 0 Å². The van der Waals surface area contributed by atoms with Gasteiger partial charge in [-0.3, -0.25) is 9.69 Å². The molecule has 0 aromatic heterocycles. The maximum absolute atomic E-state index is 13.2. The smallest absolute Gasteiger partial charge is 0.418 e. The minimum Gasteiger partial charge on any atom is -0.456 e. The third-order valence-electron chi connectivity index (χ3n) is 5.22. The summed E-state index contributed by atoms with van der Waals surface area (Å²) in [6.07, 6.45) is -4.66. The lowest BCUT2D eigenvalue weighted by atomic mass is 9.95. The molecule has 0 aliphatic carbocycles. The van der Waals surface area contributed by atoms with Crippen molar-refractivity contribution in [1.82, 2.24) is 10.2 Å². The fourth-order valence-corrected chi connectivity index (χ4v) is 3.66. The third kappa shape index (κ3) is 4.03. The molecule has 2 aromatic rings. The van der Waals surface area contributed by atoms with Gasteiger partial charge in [-0.05, 0) is 24.6 Å². The number of nitrogens with zero attached hydrogens (tertiary/aromatic N) is 1. The Labute approximate surface area is 180 Å². The number of amides is 3. The number of carbonyl (C=O) groups excluding carboxylic acids is 3. The Morgan fingerprint density at radius 2 is 1.84 bits per heavy atom. The number of carbonyl (C=O) groups is 3. The highest BCUT2D eigenvalue weighted by Crippen LogP contribution is 2.36. The molecule has 2 N–H and O–H groups in total. The van der Waals surface area contributed by atoms with Crippen molar-refractivity contribution < 1.29 is 32.3 Å². The van der Waals surface area contributed by atoms with Crippen molar-refractivity contribution in [3.05, 3.63) is 76.5 Å². The van der Waals surface area contributed by atoms with E-state index in [1.165, 1.54) is 12.1 Å². The molecule has 0 saturated carbocycles. The Morgan fingerprint density at radius 1 is 1.16 bits per heavy atom. The third-order valence-corrected chi connectivity index (χ3v) is 5.22. The zero-order valence-corrected chi connectivity index (χ0v) is 16.8. The van der Waals surface area contributed by atoms with Crippen molar-refractivity contribution in [2.45, 2.75) is 19.1 Å². The van der Waals surface area contributed by atoms with Gasteiger partial charge >= 0.3 is 18.2 Å². The van der Waals surface area contributed by atoms with Crippen molar-refractivity contribution in [1.29, 1.82) is 0 Å². The average Bonchev–Trinajstić information content (AvgIpc) is 3.12. The van der Waals surface area contributed by atoms with E-state index in [-0.39, 0.29) is 17.9 Å². The van der Waals surface area contributed by atoms with Crippen LogP contribution in [0.25, 0.3) is 0 Å². The number of hydrogen-bond acceptors (Lipinski definition) is 4. The zero-order chi connectivity index (χ0) is 23.0. The molecule has 0 spiro atoms. The summed E-state index contributed by atoms with van der Waals surface area (Å²) in [7, 11) is 0. The molecule has 3 amide bonds. The van der Waals surface area contributed by atoms with E-state index in [4.69, 9.17) is 4.74 Å². The lowest BCUT2D eigenvalue weighted by molar-refractivity contribution is -0.137. The Hall–Kier alpha value is -3.82. The quantitative estimate of drug-likeness (QED) is 0.705. The maximum Gasteiger partial charge on any atom is 0.418 e. The van der Waals surface area contributed by atoms with Gasteiger partial charge in [0.05, 0.1) is 28.6 Å². The van der Waals surface area contributed by atoms with E-state index in [9.17, 15) is 27.6 Å². The molecule has 1 atom stereocenters. The van der Waals surface area contributed by atoms with Crippen LogP contribution in [0.15, 0.2) is 59.8 Å². The SMILES string of the molecule is Cc1ccc([C@@H]2NC(=O)N(CC(=O)Nc3ccccc3C(F)(F)F)C3=C2C(=O)OC3)cc1. The largest absolute Gasteiger partial charge is 0.456 e. The number of halogens is 3. The molecule has 32 heavy (non-hydrogen) atoms. The second kappa shape index (κ2) is 8.03. The first-order valence-electron chi connectivity index (χ1n) is 9.66. The van der Waals surface area contributed by atoms with E-state index in [1.54, 1.807) is 12.1 Å². The van der Waals surface area contributed by atoms with Crippen LogP contribution in [0.4, 0.5) is 23.7 Å². The number of rotatable bonds is 4. The molecule has 7 nitrogen and oxygen atoms in total. The first kappa shape index (κ1) is 21.4. The number of anilines is 1. The van der Waals surface area contributed by atoms with Crippen LogP contribution in [0.1, 0.15) is 22.7 Å². The summed E-state index contributed by atoms with van der Waals surface area (Å²) in [6.45, 7) is 1.10. The second-order valence-corrected chi connectivity index (χ2v) is 7.41. The minimum absolute atomic E-state index is 0.192. The predicted molar refractivity (Wildman–Crippen MR) is 107 cm³/mol. The fourth-order valence-electron chi connectivity index (χ4n) is 3.66. The Morgan fingerprint density at radius 3 is 2.53 bits per heavy atom. The number of nitrogens with one attached hydrogen (secondary N) is 2. The summed E-state index contributed by atoms with van der Waals surface area (Å²) < 4.78 is 44.6. The van der Waals surface area contributed by atoms with E-state index in [2.05, 4.69) is 10.6 Å². The van der Waals surface area contributed by atoms with Crippen LogP contribution < -0.4 is 10.6 Å². The van der Waals surface area contributed by atoms with Crippen LogP contribution in [0.5, 0.6) is 0 Å². The van der Waals surface area contributed by atoms with Gasteiger partial charge in [0.2, 0.25) is 5.91 Å². The van der Waals surface area contributed by atoms with Crippen molar-refractivity contribution in [3.8, 4) is 0 Å². The number of hydrogen-bond donors (Lipinski definition) is 2. The van der Waals surface area contributed by atoms with Crippen LogP contribution in [-0.4, -0.2) is 36.0 Å². The molecular weight excluding hydrogens is 427 g/mol. The zero-order valence-electron chi connectivity index (χ0n) is 16.8. The Balaban J connectivity index is 1.59. The van der Waals surface area contributed by atoms with Gasteiger partial charge in [-0.2, -0.15) is 13.2 Å². The molecule has 2 aliphatic rings. The van der Waals surface area contributed by atoms with Crippen molar-refractivity contribution in [2.75, 3.05) is 18.5 Å². The lowest BCUT2D eigenvalue weighted by Crippen LogP contribution is -2.49. The van der Waals surface area contributed by atoms with Crippen molar-refractivity contribution in [3.63, 3.8) is 0 Å². The number of ether oxygens (including phenoxy) is 1. The number of alkyl halides is 3. The molecule has 2 aliphatic heterocycles. The minimum atomic E-state index is -4.66. The molecule has 0 radical (unpaired) electrons. The van der Waals surface area contributed by atoms with Crippen LogP contribution in [-0.2, 0) is 20.5 Å². The molecule has 2 aromatic carbocycles. The number of benzene rings is 2. The van der Waals surface area contributed by atoms with Gasteiger partial charge in [0.1, 0.15) is 13.2 Å². The standard InChI is InChI=1S/C22H18F3N3O4/c1-12-6-8-13(9-7-12)19-18-16(11-32-20(18)30)28(21(31)27-19)10-17(29)26-15-5-3-2-4-14(15)22(23,24)25/h2-9,19H,10-11H2,1H3,(H,26,29)(H,27,31)/t19-/m0/s1. The summed E-state index contributed by atoms with van der Waals surface area (Å²) in [5, 5.41) is 4.87. The molecule has 0 unspecified atom stereocenters. The molecule has 10 heteroatoms. The van der Waals surface area contributed by atoms with Gasteiger partial charge in [0.25, 0.3) is 0 Å². The van der Waals surface area contributed by atoms with Gasteiger partial charge in [-0.25, -0.2) is 9.59 Å². The van der Waals surface area contributed by atoms with Gasteiger partial charge < -0.3 is 15.4 Å². The predicted octanol–water partition coefficient (Wildman–Crippen LogP) is 3.53. The van der Waals surface area contributed by atoms with Crippen LogP contribution in [0.3, 0.4) is 0 Å². The summed E-state index contributed by atoms with van der Waals surface area (Å²) >= 11 is 0. The molecule has 0 saturated heterocycles. The van der Waals surface area contributed by atoms with Gasteiger partial charge in [0.15, 0.2) is 0 Å².